The number of pyridine rings is 1. The van der Waals surface area contributed by atoms with Crippen LogP contribution in [0.2, 0.25) is 0 Å². The Morgan fingerprint density at radius 2 is 2.00 bits per heavy atom. The zero-order valence-corrected chi connectivity index (χ0v) is 13.3. The summed E-state index contributed by atoms with van der Waals surface area (Å²) in [6, 6.07) is 8.45. The second-order valence-corrected chi connectivity index (χ2v) is 6.82. The van der Waals surface area contributed by atoms with Gasteiger partial charge in [0.05, 0.1) is 0 Å². The minimum atomic E-state index is 0.252. The number of nitrogens with two attached hydrogens (primary N) is 1. The van der Waals surface area contributed by atoms with Gasteiger partial charge in [0.1, 0.15) is 0 Å². The van der Waals surface area contributed by atoms with Crippen LogP contribution in [0.3, 0.4) is 0 Å². The van der Waals surface area contributed by atoms with Gasteiger partial charge in [-0.2, -0.15) is 0 Å². The van der Waals surface area contributed by atoms with Gasteiger partial charge in [0, 0.05) is 50.3 Å². The minimum Gasteiger partial charge on any atom is -0.398 e. The first-order chi connectivity index (χ1) is 10.1. The number of hydrogen-bond acceptors (Lipinski definition) is 4. The van der Waals surface area contributed by atoms with E-state index in [0.717, 1.165) is 22.1 Å². The van der Waals surface area contributed by atoms with Gasteiger partial charge in [0.25, 0.3) is 0 Å². The van der Waals surface area contributed by atoms with Crippen LogP contribution in [0.15, 0.2) is 36.7 Å². The van der Waals surface area contributed by atoms with E-state index in [9.17, 15) is 0 Å². The lowest BCUT2D eigenvalue weighted by Gasteiger charge is -2.17. The lowest BCUT2D eigenvalue weighted by molar-refractivity contribution is 0.883. The summed E-state index contributed by atoms with van der Waals surface area (Å²) < 4.78 is 0. The molecule has 1 aromatic carbocycles. The van der Waals surface area contributed by atoms with Gasteiger partial charge in [-0.1, -0.05) is 0 Å². The minimum absolute atomic E-state index is 0.252. The average Bonchev–Trinajstić information content (AvgIpc) is 2.81. The Labute approximate surface area is 128 Å². The van der Waals surface area contributed by atoms with Gasteiger partial charge in [-0.05, 0) is 50.6 Å². The van der Waals surface area contributed by atoms with Crippen molar-refractivity contribution in [3.8, 4) is 0 Å². The van der Waals surface area contributed by atoms with Crippen molar-refractivity contribution in [2.24, 2.45) is 0 Å². The summed E-state index contributed by atoms with van der Waals surface area (Å²) in [6.45, 7) is 6.51. The Bertz CT molecular complexity index is 792. The molecule has 0 aliphatic rings. The van der Waals surface area contributed by atoms with Crippen molar-refractivity contribution >= 4 is 33.5 Å². The maximum atomic E-state index is 6.04. The number of aryl methyl sites for hydroxylation is 2. The van der Waals surface area contributed by atoms with E-state index < -0.39 is 0 Å². The molecule has 0 spiro atoms. The smallest absolute Gasteiger partial charge is 0.0496 e. The molecular formula is C17H19N3S. The van der Waals surface area contributed by atoms with Crippen molar-refractivity contribution in [1.82, 2.24) is 4.98 Å². The van der Waals surface area contributed by atoms with Crippen LogP contribution >= 0.6 is 11.3 Å². The van der Waals surface area contributed by atoms with Gasteiger partial charge in [-0.15, -0.1) is 11.3 Å². The first-order valence-electron chi connectivity index (χ1n) is 7.02. The first-order valence-corrected chi connectivity index (χ1v) is 7.83. The Hall–Kier alpha value is -2.07. The van der Waals surface area contributed by atoms with Gasteiger partial charge in [-0.25, -0.2) is 0 Å². The predicted molar refractivity (Wildman–Crippen MR) is 92.0 cm³/mol. The normalized spacial score (nSPS) is 12.5. The fourth-order valence-corrected chi connectivity index (χ4v) is 3.75. The number of nitrogen functional groups attached to an aromatic ring is 1. The van der Waals surface area contributed by atoms with Crippen LogP contribution < -0.4 is 11.1 Å². The molecule has 1 unspecified atom stereocenters. The lowest BCUT2D eigenvalue weighted by atomic mass is 10.1. The largest absolute Gasteiger partial charge is 0.398 e. The highest BCUT2D eigenvalue weighted by Gasteiger charge is 2.13. The monoisotopic (exact) mass is 297 g/mol. The predicted octanol–water partition coefficient (Wildman–Crippen LogP) is 4.67. The molecule has 108 valence electrons. The topological polar surface area (TPSA) is 50.9 Å². The second-order valence-electron chi connectivity index (χ2n) is 5.36. The van der Waals surface area contributed by atoms with Crippen LogP contribution in [0.1, 0.15) is 28.3 Å². The van der Waals surface area contributed by atoms with Gasteiger partial charge < -0.3 is 11.1 Å². The van der Waals surface area contributed by atoms with Crippen molar-refractivity contribution in [1.29, 1.82) is 0 Å². The molecule has 0 aliphatic heterocycles. The molecule has 0 amide bonds. The summed E-state index contributed by atoms with van der Waals surface area (Å²) in [7, 11) is 0. The number of hydrogen-bond donors (Lipinski definition) is 2. The molecule has 0 saturated carbocycles. The van der Waals surface area contributed by atoms with Crippen LogP contribution in [-0.4, -0.2) is 4.98 Å². The molecule has 0 bridgehead atoms. The lowest BCUT2D eigenvalue weighted by Crippen LogP contribution is -2.07. The molecule has 21 heavy (non-hydrogen) atoms. The number of nitrogens with zero attached hydrogens (tertiary/aromatic N) is 1. The zero-order chi connectivity index (χ0) is 15.0. The molecule has 0 aliphatic carbocycles. The molecule has 4 heteroatoms. The Morgan fingerprint density at radius 1 is 1.19 bits per heavy atom. The number of rotatable bonds is 3. The van der Waals surface area contributed by atoms with Crippen molar-refractivity contribution in [2.45, 2.75) is 26.8 Å². The number of fused-ring (bicyclic) bond motifs is 1. The van der Waals surface area contributed by atoms with Crippen LogP contribution in [0, 0.1) is 13.8 Å². The molecule has 3 nitrogen and oxygen atoms in total. The number of anilines is 2. The van der Waals surface area contributed by atoms with E-state index in [1.54, 1.807) is 6.20 Å². The number of nitrogens with one attached hydrogen (secondary N) is 1. The number of aromatic nitrogens is 1. The summed E-state index contributed by atoms with van der Waals surface area (Å²) in [5, 5.41) is 5.70. The molecule has 0 radical (unpaired) electrons. The van der Waals surface area contributed by atoms with E-state index in [-0.39, 0.29) is 6.04 Å². The van der Waals surface area contributed by atoms with Crippen LogP contribution in [-0.2, 0) is 0 Å². The quantitative estimate of drug-likeness (QED) is 0.691. The maximum absolute atomic E-state index is 6.04. The van der Waals surface area contributed by atoms with Crippen LogP contribution in [0.25, 0.3) is 10.8 Å². The highest BCUT2D eigenvalue weighted by molar-refractivity contribution is 7.12. The Balaban J connectivity index is 1.99. The summed E-state index contributed by atoms with van der Waals surface area (Å²) in [5.41, 5.74) is 9.25. The molecule has 1 atom stereocenters. The van der Waals surface area contributed by atoms with E-state index in [4.69, 9.17) is 5.73 Å². The molecule has 0 saturated heterocycles. The molecule has 3 aromatic rings. The standard InChI is InChI=1S/C17H19N3S/c1-10-8-14(12(3)21-10)11(2)20-17-5-4-16(18)13-6-7-19-9-15(13)17/h4-9,11,20H,18H2,1-3H3. The van der Waals surface area contributed by atoms with E-state index >= 15 is 0 Å². The fourth-order valence-electron chi connectivity index (χ4n) is 2.73. The summed E-state index contributed by atoms with van der Waals surface area (Å²) in [4.78, 5) is 6.94. The van der Waals surface area contributed by atoms with Gasteiger partial charge >= 0.3 is 0 Å². The highest BCUT2D eigenvalue weighted by Crippen LogP contribution is 2.32. The van der Waals surface area contributed by atoms with Crippen molar-refractivity contribution in [3.63, 3.8) is 0 Å². The number of thiophene rings is 1. The Morgan fingerprint density at radius 3 is 2.71 bits per heavy atom. The van der Waals surface area contributed by atoms with Gasteiger partial charge in [-0.3, -0.25) is 4.98 Å². The first kappa shape index (κ1) is 13.9. The summed E-state index contributed by atoms with van der Waals surface area (Å²) >= 11 is 1.84. The van der Waals surface area contributed by atoms with Gasteiger partial charge in [0.15, 0.2) is 0 Å². The fraction of sp³-hybridized carbons (Fsp3) is 0.235. The van der Waals surface area contributed by atoms with Gasteiger partial charge in [0.2, 0.25) is 0 Å². The van der Waals surface area contributed by atoms with E-state index in [1.165, 1.54) is 15.3 Å². The zero-order valence-electron chi connectivity index (χ0n) is 12.5. The van der Waals surface area contributed by atoms with Crippen LogP contribution in [0.5, 0.6) is 0 Å². The second kappa shape index (κ2) is 5.37. The van der Waals surface area contributed by atoms with Crippen molar-refractivity contribution in [2.75, 3.05) is 11.1 Å². The third kappa shape index (κ3) is 2.59. The molecule has 3 N–H and O–H groups in total. The molecule has 2 heterocycles. The van der Waals surface area contributed by atoms with E-state index in [0.29, 0.717) is 0 Å². The van der Waals surface area contributed by atoms with E-state index in [1.807, 2.05) is 35.7 Å². The molecule has 0 fully saturated rings. The van der Waals surface area contributed by atoms with Crippen LogP contribution in [0.4, 0.5) is 11.4 Å². The summed E-state index contributed by atoms with van der Waals surface area (Å²) in [6.07, 6.45) is 3.64. The molecule has 3 rings (SSSR count). The molecule has 2 aromatic heterocycles. The maximum Gasteiger partial charge on any atom is 0.0496 e. The van der Waals surface area contributed by atoms with Crippen molar-refractivity contribution < 1.29 is 0 Å². The number of benzene rings is 1. The SMILES string of the molecule is Cc1cc(C(C)Nc2ccc(N)c3ccncc23)c(C)s1. The van der Waals surface area contributed by atoms with Crippen molar-refractivity contribution in [3.05, 3.63) is 52.0 Å². The van der Waals surface area contributed by atoms with E-state index in [2.05, 4.69) is 37.1 Å². The summed E-state index contributed by atoms with van der Waals surface area (Å²) in [5.74, 6) is 0. The third-order valence-corrected chi connectivity index (χ3v) is 4.75. The molecular weight excluding hydrogens is 278 g/mol. The average molecular weight is 297 g/mol. The Kier molecular flexibility index (Phi) is 3.55. The third-order valence-electron chi connectivity index (χ3n) is 3.77. The highest BCUT2D eigenvalue weighted by atomic mass is 32.1.